The molecule has 0 spiro atoms. The first kappa shape index (κ1) is 7.94. The van der Waals surface area contributed by atoms with Crippen LogP contribution in [0.3, 0.4) is 0 Å². The van der Waals surface area contributed by atoms with Crippen LogP contribution in [0, 0.1) is 0 Å². The van der Waals surface area contributed by atoms with E-state index < -0.39 is 0 Å². The molecule has 14 heavy (non-hydrogen) atoms. The molecule has 2 aromatic rings. The van der Waals surface area contributed by atoms with E-state index in [0.717, 1.165) is 30.5 Å². The maximum atomic E-state index is 5.57. The molecular weight excluding hydrogens is 178 g/mol. The van der Waals surface area contributed by atoms with E-state index in [-0.39, 0.29) is 6.23 Å². The molecule has 4 nitrogen and oxygen atoms in total. The van der Waals surface area contributed by atoms with Crippen LogP contribution in [0.2, 0.25) is 0 Å². The maximum absolute atomic E-state index is 5.57. The number of hydrogen-bond acceptors (Lipinski definition) is 3. The minimum Gasteiger partial charge on any atom is -0.356 e. The third-order valence-electron chi connectivity index (χ3n) is 2.56. The third kappa shape index (κ3) is 1.11. The van der Waals surface area contributed by atoms with E-state index in [0.29, 0.717) is 0 Å². The van der Waals surface area contributed by atoms with E-state index >= 15 is 0 Å². The molecule has 1 atom stereocenters. The Morgan fingerprint density at radius 3 is 3.14 bits per heavy atom. The van der Waals surface area contributed by atoms with E-state index in [1.165, 1.54) is 0 Å². The van der Waals surface area contributed by atoms with E-state index in [4.69, 9.17) is 4.74 Å². The maximum Gasteiger partial charge on any atom is 0.152 e. The number of fused-ring (bicyclic) bond motifs is 1. The first-order valence-electron chi connectivity index (χ1n) is 4.87. The summed E-state index contributed by atoms with van der Waals surface area (Å²) < 4.78 is 7.44. The van der Waals surface area contributed by atoms with Gasteiger partial charge in [-0.2, -0.15) is 0 Å². The van der Waals surface area contributed by atoms with Gasteiger partial charge in [0.05, 0.1) is 5.52 Å². The summed E-state index contributed by atoms with van der Waals surface area (Å²) in [5.74, 6) is 0. The van der Waals surface area contributed by atoms with Crippen molar-refractivity contribution in [2.45, 2.75) is 19.1 Å². The van der Waals surface area contributed by atoms with Crippen molar-refractivity contribution >= 4 is 11.0 Å². The van der Waals surface area contributed by atoms with E-state index in [2.05, 4.69) is 10.3 Å². The fourth-order valence-electron chi connectivity index (χ4n) is 1.85. The monoisotopic (exact) mass is 189 g/mol. The van der Waals surface area contributed by atoms with Crippen LogP contribution in [-0.4, -0.2) is 21.6 Å². The Balaban J connectivity index is 2.11. The smallest absolute Gasteiger partial charge is 0.152 e. The number of aromatic nitrogens is 3. The second-order valence-electron chi connectivity index (χ2n) is 3.49. The Kier molecular flexibility index (Phi) is 1.73. The van der Waals surface area contributed by atoms with Crippen molar-refractivity contribution in [2.75, 3.05) is 6.61 Å². The summed E-state index contributed by atoms with van der Waals surface area (Å²) >= 11 is 0. The quantitative estimate of drug-likeness (QED) is 0.686. The van der Waals surface area contributed by atoms with Crippen LogP contribution in [0.4, 0.5) is 0 Å². The minimum atomic E-state index is 0.0856. The highest BCUT2D eigenvalue weighted by atomic mass is 16.5. The zero-order chi connectivity index (χ0) is 9.38. The van der Waals surface area contributed by atoms with E-state index in [9.17, 15) is 0 Å². The van der Waals surface area contributed by atoms with Crippen molar-refractivity contribution in [3.05, 3.63) is 24.3 Å². The Bertz CT molecular complexity index is 445. The number of benzene rings is 1. The molecule has 1 saturated heterocycles. The number of nitrogens with zero attached hydrogens (tertiary/aromatic N) is 3. The van der Waals surface area contributed by atoms with Crippen LogP contribution in [0.1, 0.15) is 19.1 Å². The normalized spacial score (nSPS) is 21.9. The molecule has 3 rings (SSSR count). The van der Waals surface area contributed by atoms with Crippen LogP contribution in [0.25, 0.3) is 11.0 Å². The molecule has 1 fully saturated rings. The summed E-state index contributed by atoms with van der Waals surface area (Å²) in [5.41, 5.74) is 1.99. The Morgan fingerprint density at radius 1 is 1.36 bits per heavy atom. The summed E-state index contributed by atoms with van der Waals surface area (Å²) in [4.78, 5) is 0. The zero-order valence-electron chi connectivity index (χ0n) is 7.76. The lowest BCUT2D eigenvalue weighted by Gasteiger charge is -2.09. The van der Waals surface area contributed by atoms with Gasteiger partial charge in [0.25, 0.3) is 0 Å². The van der Waals surface area contributed by atoms with Gasteiger partial charge in [-0.3, -0.25) is 0 Å². The van der Waals surface area contributed by atoms with Gasteiger partial charge >= 0.3 is 0 Å². The topological polar surface area (TPSA) is 39.9 Å². The second kappa shape index (κ2) is 3.06. The summed E-state index contributed by atoms with van der Waals surface area (Å²) in [6.45, 7) is 0.832. The average Bonchev–Trinajstić information content (AvgIpc) is 2.85. The van der Waals surface area contributed by atoms with Gasteiger partial charge in [-0.1, -0.05) is 17.3 Å². The standard InChI is InChI=1S/C10H11N3O/c1-2-5-9-8(4-1)11-12-13(9)10-6-3-7-14-10/h1-2,4-5,10H,3,6-7H2/t10-/m0/s1. The van der Waals surface area contributed by atoms with E-state index in [1.54, 1.807) is 0 Å². The van der Waals surface area contributed by atoms with Gasteiger partial charge in [0.2, 0.25) is 0 Å². The molecule has 0 unspecified atom stereocenters. The van der Waals surface area contributed by atoms with Gasteiger partial charge in [0.1, 0.15) is 5.52 Å². The summed E-state index contributed by atoms with van der Waals surface area (Å²) in [6, 6.07) is 7.96. The Hall–Kier alpha value is -1.42. The van der Waals surface area contributed by atoms with Crippen LogP contribution in [0.5, 0.6) is 0 Å². The average molecular weight is 189 g/mol. The first-order valence-corrected chi connectivity index (χ1v) is 4.87. The number of para-hydroxylation sites is 1. The van der Waals surface area contributed by atoms with Crippen molar-refractivity contribution < 1.29 is 4.74 Å². The molecule has 72 valence electrons. The molecule has 1 aromatic carbocycles. The first-order chi connectivity index (χ1) is 6.95. The predicted octanol–water partition coefficient (Wildman–Crippen LogP) is 1.74. The molecule has 0 aliphatic carbocycles. The Morgan fingerprint density at radius 2 is 2.29 bits per heavy atom. The van der Waals surface area contributed by atoms with Gasteiger partial charge < -0.3 is 4.74 Å². The molecule has 1 aromatic heterocycles. The molecule has 0 N–H and O–H groups in total. The van der Waals surface area contributed by atoms with Crippen molar-refractivity contribution in [3.8, 4) is 0 Å². The summed E-state index contributed by atoms with van der Waals surface area (Å²) in [6.07, 6.45) is 2.23. The molecule has 4 heteroatoms. The number of hydrogen-bond donors (Lipinski definition) is 0. The molecule has 1 aliphatic heterocycles. The molecule has 0 amide bonds. The highest BCUT2D eigenvalue weighted by Crippen LogP contribution is 2.25. The number of rotatable bonds is 1. The predicted molar refractivity (Wildman–Crippen MR) is 51.8 cm³/mol. The highest BCUT2D eigenvalue weighted by Gasteiger charge is 2.20. The van der Waals surface area contributed by atoms with Crippen molar-refractivity contribution in [3.63, 3.8) is 0 Å². The molecular formula is C10H11N3O. The van der Waals surface area contributed by atoms with E-state index in [1.807, 2.05) is 28.9 Å². The molecule has 1 aliphatic rings. The van der Waals surface area contributed by atoms with Crippen LogP contribution >= 0.6 is 0 Å². The minimum absolute atomic E-state index is 0.0856. The SMILES string of the molecule is c1ccc2c(c1)nnn2[C@@H]1CCCO1. The van der Waals surface area contributed by atoms with Gasteiger partial charge in [-0.05, 0) is 25.0 Å². The lowest BCUT2D eigenvalue weighted by molar-refractivity contribution is 0.0488. The molecule has 0 bridgehead atoms. The van der Waals surface area contributed by atoms with Crippen molar-refractivity contribution in [1.29, 1.82) is 0 Å². The summed E-state index contributed by atoms with van der Waals surface area (Å²) in [5, 5.41) is 8.22. The van der Waals surface area contributed by atoms with Gasteiger partial charge in [0.15, 0.2) is 6.23 Å². The lowest BCUT2D eigenvalue weighted by Crippen LogP contribution is -2.08. The van der Waals surface area contributed by atoms with Gasteiger partial charge in [-0.15, -0.1) is 5.10 Å². The van der Waals surface area contributed by atoms with Crippen LogP contribution in [0.15, 0.2) is 24.3 Å². The summed E-state index contributed by atoms with van der Waals surface area (Å²) in [7, 11) is 0. The van der Waals surface area contributed by atoms with Crippen molar-refractivity contribution in [1.82, 2.24) is 15.0 Å². The van der Waals surface area contributed by atoms with Crippen LogP contribution < -0.4 is 0 Å². The zero-order valence-corrected chi connectivity index (χ0v) is 7.76. The fraction of sp³-hybridized carbons (Fsp3) is 0.400. The van der Waals surface area contributed by atoms with Crippen LogP contribution in [-0.2, 0) is 4.74 Å². The Labute approximate surface area is 81.5 Å². The second-order valence-corrected chi connectivity index (χ2v) is 3.49. The van der Waals surface area contributed by atoms with Crippen molar-refractivity contribution in [2.24, 2.45) is 0 Å². The highest BCUT2D eigenvalue weighted by molar-refractivity contribution is 5.73. The lowest BCUT2D eigenvalue weighted by atomic mass is 10.3. The number of ether oxygens (including phenoxy) is 1. The van der Waals surface area contributed by atoms with Gasteiger partial charge in [0, 0.05) is 6.61 Å². The van der Waals surface area contributed by atoms with Gasteiger partial charge in [-0.25, -0.2) is 4.68 Å². The fourth-order valence-corrected chi connectivity index (χ4v) is 1.85. The molecule has 0 radical (unpaired) electrons. The molecule has 2 heterocycles. The third-order valence-corrected chi connectivity index (χ3v) is 2.56. The largest absolute Gasteiger partial charge is 0.356 e. The molecule has 0 saturated carbocycles.